The fraction of sp³-hybridized carbons (Fsp3) is 0.733. The van der Waals surface area contributed by atoms with E-state index < -0.39 is 0 Å². The maximum Gasteiger partial charge on any atom is 0.125 e. The Labute approximate surface area is 109 Å². The van der Waals surface area contributed by atoms with E-state index in [2.05, 4.69) is 23.8 Å². The summed E-state index contributed by atoms with van der Waals surface area (Å²) in [5.41, 5.74) is 2.35. The minimum Gasteiger partial charge on any atom is -0.241 e. The number of nitrogens with zero attached hydrogens (tertiary/aromatic N) is 2. The molecule has 17 heavy (non-hydrogen) atoms. The molecule has 0 radical (unpaired) electrons. The lowest BCUT2D eigenvalue weighted by Gasteiger charge is -2.07. The normalized spacial score (nSPS) is 7.94. The Morgan fingerprint density at radius 2 is 1.29 bits per heavy atom. The van der Waals surface area contributed by atoms with Crippen molar-refractivity contribution in [3.8, 4) is 0 Å². The molecule has 0 atom stereocenters. The number of aryl methyl sites for hydroxylation is 2. The number of aromatic nitrogens is 2. The lowest BCUT2D eigenvalue weighted by Crippen LogP contribution is -1.98. The van der Waals surface area contributed by atoms with Crippen LogP contribution in [0.1, 0.15) is 78.4 Å². The Morgan fingerprint density at radius 1 is 0.882 bits per heavy atom. The minimum absolute atomic E-state index is 0.524. The maximum atomic E-state index is 4.28. The molecule has 102 valence electrons. The lowest BCUT2D eigenvalue weighted by molar-refractivity contribution is 0.819. The van der Waals surface area contributed by atoms with Crippen LogP contribution in [0.2, 0.25) is 0 Å². The Balaban J connectivity index is -0.000000285. The van der Waals surface area contributed by atoms with Gasteiger partial charge in [0.05, 0.1) is 0 Å². The molecule has 0 aromatic carbocycles. The van der Waals surface area contributed by atoms with Crippen LogP contribution in [0, 0.1) is 13.8 Å². The van der Waals surface area contributed by atoms with Crippen molar-refractivity contribution in [2.24, 2.45) is 0 Å². The summed E-state index contributed by atoms with van der Waals surface area (Å²) in [5.74, 6) is 1.38. The highest BCUT2D eigenvalue weighted by atomic mass is 14.9. The first kappa shape index (κ1) is 21.4. The minimum atomic E-state index is 0.524. The molecule has 0 unspecified atom stereocenters. The first-order chi connectivity index (χ1) is 8.11. The number of rotatable bonds is 1. The molecule has 2 nitrogen and oxygen atoms in total. The number of hydrogen-bond acceptors (Lipinski definition) is 2. The van der Waals surface area contributed by atoms with Crippen LogP contribution >= 0.6 is 0 Å². The average Bonchev–Trinajstić information content (AvgIpc) is 2.36. The standard InChI is InChI=1S/C9H14N2.3C2H6/c1-6(2)9-5-10-8(4)11-7(9)3;3*1-2/h5-6H,1-4H3;3*1-2H3. The van der Waals surface area contributed by atoms with Gasteiger partial charge < -0.3 is 0 Å². The van der Waals surface area contributed by atoms with Gasteiger partial charge in [0.25, 0.3) is 0 Å². The molecule has 2 heteroatoms. The molecule has 1 aromatic rings. The van der Waals surface area contributed by atoms with Crippen LogP contribution in [0.25, 0.3) is 0 Å². The lowest BCUT2D eigenvalue weighted by atomic mass is 10.0. The topological polar surface area (TPSA) is 25.8 Å². The summed E-state index contributed by atoms with van der Waals surface area (Å²) in [4.78, 5) is 8.43. The Kier molecular flexibility index (Phi) is 19.0. The van der Waals surface area contributed by atoms with Crippen LogP contribution in [0.3, 0.4) is 0 Å². The average molecular weight is 240 g/mol. The van der Waals surface area contributed by atoms with Gasteiger partial charge in [-0.25, -0.2) is 9.97 Å². The third-order valence-corrected chi connectivity index (χ3v) is 1.76. The van der Waals surface area contributed by atoms with Gasteiger partial charge >= 0.3 is 0 Å². The van der Waals surface area contributed by atoms with Gasteiger partial charge in [-0.2, -0.15) is 0 Å². The summed E-state index contributed by atoms with van der Waals surface area (Å²) in [6, 6.07) is 0. The van der Waals surface area contributed by atoms with E-state index in [0.29, 0.717) is 5.92 Å². The van der Waals surface area contributed by atoms with Crippen molar-refractivity contribution in [3.63, 3.8) is 0 Å². The van der Waals surface area contributed by atoms with Gasteiger partial charge in [0.1, 0.15) is 5.82 Å². The van der Waals surface area contributed by atoms with Gasteiger partial charge in [-0.15, -0.1) is 0 Å². The summed E-state index contributed by atoms with van der Waals surface area (Å²) in [6.45, 7) is 20.3. The summed E-state index contributed by atoms with van der Waals surface area (Å²) in [6.07, 6.45) is 1.92. The highest BCUT2D eigenvalue weighted by molar-refractivity contribution is 5.19. The van der Waals surface area contributed by atoms with Gasteiger partial charge in [0.15, 0.2) is 0 Å². The molecule has 0 N–H and O–H groups in total. The monoisotopic (exact) mass is 240 g/mol. The summed E-state index contributed by atoms with van der Waals surface area (Å²) >= 11 is 0. The number of hydrogen-bond donors (Lipinski definition) is 0. The van der Waals surface area contributed by atoms with Crippen LogP contribution < -0.4 is 0 Å². The third-order valence-electron chi connectivity index (χ3n) is 1.76. The molecule has 0 aliphatic carbocycles. The third kappa shape index (κ3) is 9.98. The van der Waals surface area contributed by atoms with Crippen LogP contribution in [0.4, 0.5) is 0 Å². The summed E-state index contributed by atoms with van der Waals surface area (Å²) in [5, 5.41) is 0. The molecular formula is C15H32N2. The molecule has 0 saturated carbocycles. The second-order valence-corrected chi connectivity index (χ2v) is 3.11. The van der Waals surface area contributed by atoms with Crippen molar-refractivity contribution in [2.45, 2.75) is 75.2 Å². The molecular weight excluding hydrogens is 208 g/mol. The predicted octanol–water partition coefficient (Wildman–Crippen LogP) is 5.30. The van der Waals surface area contributed by atoms with E-state index in [-0.39, 0.29) is 0 Å². The van der Waals surface area contributed by atoms with Crippen molar-refractivity contribution in [2.75, 3.05) is 0 Å². The largest absolute Gasteiger partial charge is 0.241 e. The van der Waals surface area contributed by atoms with Gasteiger partial charge in [-0.1, -0.05) is 55.4 Å². The van der Waals surface area contributed by atoms with E-state index in [9.17, 15) is 0 Å². The van der Waals surface area contributed by atoms with E-state index >= 15 is 0 Å². The molecule has 0 amide bonds. The zero-order chi connectivity index (χ0) is 14.4. The Bertz CT molecular complexity index is 255. The first-order valence-corrected chi connectivity index (χ1v) is 6.91. The van der Waals surface area contributed by atoms with Crippen molar-refractivity contribution < 1.29 is 0 Å². The quantitative estimate of drug-likeness (QED) is 0.666. The highest BCUT2D eigenvalue weighted by Gasteiger charge is 2.03. The zero-order valence-corrected chi connectivity index (χ0v) is 13.5. The van der Waals surface area contributed by atoms with Crippen molar-refractivity contribution >= 4 is 0 Å². The van der Waals surface area contributed by atoms with Crippen molar-refractivity contribution in [3.05, 3.63) is 23.3 Å². The van der Waals surface area contributed by atoms with Crippen molar-refractivity contribution in [1.82, 2.24) is 9.97 Å². The smallest absolute Gasteiger partial charge is 0.125 e. The van der Waals surface area contributed by atoms with E-state index in [1.807, 2.05) is 61.6 Å². The predicted molar refractivity (Wildman–Crippen MR) is 79.6 cm³/mol. The van der Waals surface area contributed by atoms with Gasteiger partial charge in [0, 0.05) is 11.9 Å². The molecule has 0 aliphatic rings. The fourth-order valence-corrected chi connectivity index (χ4v) is 1.16. The molecule has 1 aromatic heterocycles. The maximum absolute atomic E-state index is 4.28. The first-order valence-electron chi connectivity index (χ1n) is 6.91. The highest BCUT2D eigenvalue weighted by Crippen LogP contribution is 2.15. The zero-order valence-electron chi connectivity index (χ0n) is 13.5. The molecule has 0 saturated heterocycles. The van der Waals surface area contributed by atoms with Gasteiger partial charge in [0.2, 0.25) is 0 Å². The van der Waals surface area contributed by atoms with Crippen LogP contribution in [-0.4, -0.2) is 9.97 Å². The van der Waals surface area contributed by atoms with Gasteiger partial charge in [-0.05, 0) is 25.3 Å². The fourth-order valence-electron chi connectivity index (χ4n) is 1.16. The van der Waals surface area contributed by atoms with E-state index in [0.717, 1.165) is 11.5 Å². The van der Waals surface area contributed by atoms with Crippen molar-refractivity contribution in [1.29, 1.82) is 0 Å². The van der Waals surface area contributed by atoms with E-state index in [1.54, 1.807) is 0 Å². The Hall–Kier alpha value is -0.920. The van der Waals surface area contributed by atoms with Gasteiger partial charge in [-0.3, -0.25) is 0 Å². The molecule has 0 fully saturated rings. The van der Waals surface area contributed by atoms with Crippen LogP contribution in [0.5, 0.6) is 0 Å². The molecule has 1 heterocycles. The second kappa shape index (κ2) is 15.1. The summed E-state index contributed by atoms with van der Waals surface area (Å²) in [7, 11) is 0. The SMILES string of the molecule is CC.CC.CC.Cc1ncc(C(C)C)c(C)n1. The Morgan fingerprint density at radius 3 is 1.59 bits per heavy atom. The van der Waals surface area contributed by atoms with E-state index in [4.69, 9.17) is 0 Å². The molecule has 1 rings (SSSR count). The molecule has 0 aliphatic heterocycles. The summed E-state index contributed by atoms with van der Waals surface area (Å²) < 4.78 is 0. The molecule has 0 bridgehead atoms. The van der Waals surface area contributed by atoms with Crippen LogP contribution in [0.15, 0.2) is 6.20 Å². The molecule has 0 spiro atoms. The van der Waals surface area contributed by atoms with Crippen LogP contribution in [-0.2, 0) is 0 Å². The van der Waals surface area contributed by atoms with E-state index in [1.165, 1.54) is 5.56 Å². The second-order valence-electron chi connectivity index (χ2n) is 3.11.